The van der Waals surface area contributed by atoms with Gasteiger partial charge in [0.25, 0.3) is 0 Å². The third kappa shape index (κ3) is 5.62. The Morgan fingerprint density at radius 2 is 0.938 bits per heavy atom. The van der Waals surface area contributed by atoms with Crippen molar-refractivity contribution in [3.8, 4) is 0 Å². The Hall–Kier alpha value is 0.361. The van der Waals surface area contributed by atoms with Crippen molar-refractivity contribution < 1.29 is 49.0 Å². The molecule has 0 aromatic rings. The van der Waals surface area contributed by atoms with Gasteiger partial charge >= 0.3 is 113 Å². The monoisotopic (exact) mass is 355 g/mol. The van der Waals surface area contributed by atoms with Gasteiger partial charge < -0.3 is 0 Å². The average Bonchev–Trinajstić information content (AvgIpc) is 2.19. The third-order valence-corrected chi connectivity index (χ3v) is 10.0. The van der Waals surface area contributed by atoms with Crippen LogP contribution >= 0.6 is 0 Å². The van der Waals surface area contributed by atoms with E-state index in [0.29, 0.717) is 19.3 Å². The minimum atomic E-state index is -3.29. The average molecular weight is 358 g/mol. The van der Waals surface area contributed by atoms with Crippen molar-refractivity contribution in [2.45, 2.75) is 59.3 Å². The summed E-state index contributed by atoms with van der Waals surface area (Å²) in [6, 6.07) is 0. The SMILES string of the molecule is CCC[C](=O)[Nd]([C](=O)CCC)[C](=O)CCC. The van der Waals surface area contributed by atoms with Crippen LogP contribution in [-0.2, 0) is 14.4 Å². The van der Waals surface area contributed by atoms with Crippen molar-refractivity contribution in [3.63, 3.8) is 0 Å². The summed E-state index contributed by atoms with van der Waals surface area (Å²) in [4.78, 5) is 35.5. The topological polar surface area (TPSA) is 51.2 Å². The minimum absolute atomic E-state index is 0.0180. The predicted molar refractivity (Wildman–Crippen MR) is 59.7 cm³/mol. The first-order valence-corrected chi connectivity index (χ1v) is 10.9. The second-order valence-corrected chi connectivity index (χ2v) is 11.7. The fraction of sp³-hybridized carbons (Fsp3) is 0.750. The van der Waals surface area contributed by atoms with Crippen molar-refractivity contribution in [2.75, 3.05) is 0 Å². The van der Waals surface area contributed by atoms with Crippen molar-refractivity contribution in [2.24, 2.45) is 0 Å². The van der Waals surface area contributed by atoms with E-state index in [4.69, 9.17) is 0 Å². The molecule has 91 valence electrons. The van der Waals surface area contributed by atoms with Gasteiger partial charge in [0.05, 0.1) is 0 Å². The Morgan fingerprint density at radius 1 is 0.688 bits per heavy atom. The summed E-state index contributed by atoms with van der Waals surface area (Å²) in [5.74, 6) is 0. The van der Waals surface area contributed by atoms with Crippen molar-refractivity contribution >= 4 is 4.30 Å². The molecule has 16 heavy (non-hydrogen) atoms. The van der Waals surface area contributed by atoms with Crippen LogP contribution in [-0.4, -0.2) is 4.30 Å². The summed E-state index contributed by atoms with van der Waals surface area (Å²) in [7, 11) is 0. The van der Waals surface area contributed by atoms with Crippen LogP contribution in [0.2, 0.25) is 0 Å². The number of carbonyl (C=O) groups is 3. The number of rotatable bonds is 9. The van der Waals surface area contributed by atoms with E-state index in [0.717, 1.165) is 19.3 Å². The van der Waals surface area contributed by atoms with E-state index in [1.807, 2.05) is 20.8 Å². The third-order valence-electron chi connectivity index (χ3n) is 2.27. The molecule has 0 saturated carbocycles. The molecular weight excluding hydrogens is 336 g/mol. The molecule has 0 N–H and O–H groups in total. The zero-order valence-corrected chi connectivity index (χ0v) is 13.7. The first-order chi connectivity index (χ1) is 7.58. The molecule has 0 aromatic heterocycles. The molecule has 0 aliphatic rings. The molecule has 0 aromatic carbocycles. The van der Waals surface area contributed by atoms with Crippen LogP contribution in [0.4, 0.5) is 0 Å². The second kappa shape index (κ2) is 9.40. The summed E-state index contributed by atoms with van der Waals surface area (Å²) in [6.45, 7) is 5.74. The number of carbonyl (C=O) groups excluding carboxylic acids is 3. The van der Waals surface area contributed by atoms with Gasteiger partial charge in [-0.2, -0.15) is 0 Å². The van der Waals surface area contributed by atoms with E-state index in [-0.39, 0.29) is 4.30 Å². The standard InChI is InChI=1S/3C4H7O.Nd/c3*1-2-3-4-5;/h3*2-3H2,1H3;. The van der Waals surface area contributed by atoms with Gasteiger partial charge in [0.15, 0.2) is 0 Å². The molecule has 4 heteroatoms. The Balaban J connectivity index is 4.68. The van der Waals surface area contributed by atoms with Gasteiger partial charge in [-0.1, -0.05) is 0 Å². The maximum absolute atomic E-state index is 11.8. The Bertz CT molecular complexity index is 218. The van der Waals surface area contributed by atoms with Crippen LogP contribution < -0.4 is 0 Å². The van der Waals surface area contributed by atoms with Gasteiger partial charge in [0.1, 0.15) is 0 Å². The van der Waals surface area contributed by atoms with E-state index in [1.165, 1.54) is 0 Å². The predicted octanol–water partition coefficient (Wildman–Crippen LogP) is 2.59. The molecule has 0 aliphatic heterocycles. The molecule has 0 rings (SSSR count). The summed E-state index contributed by atoms with van der Waals surface area (Å²) in [5, 5.41) is 0. The molecule has 0 fully saturated rings. The van der Waals surface area contributed by atoms with Crippen LogP contribution in [0.3, 0.4) is 0 Å². The molecule has 0 saturated heterocycles. The summed E-state index contributed by atoms with van der Waals surface area (Å²) >= 11 is -3.29. The molecule has 0 spiro atoms. The maximum atomic E-state index is 11.8. The molecule has 0 radical (unpaired) electrons. The first kappa shape index (κ1) is 16.4. The van der Waals surface area contributed by atoms with Crippen molar-refractivity contribution in [1.29, 1.82) is 0 Å². The van der Waals surface area contributed by atoms with Crippen LogP contribution in [0.5, 0.6) is 0 Å². The first-order valence-electron chi connectivity index (χ1n) is 6.04. The normalized spacial score (nSPS) is 9.94. The molecule has 0 heterocycles. The summed E-state index contributed by atoms with van der Waals surface area (Å²) in [5.41, 5.74) is 0. The van der Waals surface area contributed by atoms with Gasteiger partial charge in [0, 0.05) is 0 Å². The van der Waals surface area contributed by atoms with Crippen LogP contribution in [0.25, 0.3) is 0 Å². The fourth-order valence-electron chi connectivity index (χ4n) is 1.52. The van der Waals surface area contributed by atoms with E-state index in [2.05, 4.69) is 0 Å². The van der Waals surface area contributed by atoms with E-state index >= 15 is 0 Å². The quantitative estimate of drug-likeness (QED) is 0.637. The molecule has 0 atom stereocenters. The van der Waals surface area contributed by atoms with E-state index in [9.17, 15) is 14.4 Å². The van der Waals surface area contributed by atoms with Gasteiger partial charge in [-0.05, 0) is 0 Å². The van der Waals surface area contributed by atoms with E-state index < -0.39 is 34.6 Å². The van der Waals surface area contributed by atoms with Gasteiger partial charge in [-0.15, -0.1) is 0 Å². The Morgan fingerprint density at radius 3 is 1.12 bits per heavy atom. The molecule has 0 aliphatic carbocycles. The second-order valence-electron chi connectivity index (χ2n) is 3.89. The van der Waals surface area contributed by atoms with Crippen molar-refractivity contribution in [1.82, 2.24) is 0 Å². The van der Waals surface area contributed by atoms with E-state index in [1.54, 1.807) is 0 Å². The van der Waals surface area contributed by atoms with Crippen molar-refractivity contribution in [3.05, 3.63) is 0 Å². The van der Waals surface area contributed by atoms with Crippen LogP contribution in [0.15, 0.2) is 0 Å². The van der Waals surface area contributed by atoms with Gasteiger partial charge in [-0.25, -0.2) is 0 Å². The molecule has 0 bridgehead atoms. The summed E-state index contributed by atoms with van der Waals surface area (Å²) in [6.07, 6.45) is 3.50. The molecule has 3 nitrogen and oxygen atoms in total. The Labute approximate surface area is 112 Å². The van der Waals surface area contributed by atoms with Gasteiger partial charge in [-0.3, -0.25) is 0 Å². The molecular formula is C12H21NdO3. The molecule has 0 amide bonds. The Kier molecular flexibility index (Phi) is 9.61. The van der Waals surface area contributed by atoms with Crippen LogP contribution in [0.1, 0.15) is 59.3 Å². The summed E-state index contributed by atoms with van der Waals surface area (Å²) < 4.78 is 0.0539. The van der Waals surface area contributed by atoms with Gasteiger partial charge in [0.2, 0.25) is 0 Å². The number of hydrogen-bond donors (Lipinski definition) is 0. The van der Waals surface area contributed by atoms with Crippen LogP contribution in [0, 0.1) is 34.6 Å². The zero-order valence-electron chi connectivity index (χ0n) is 10.5. The molecule has 0 unspecified atom stereocenters. The zero-order chi connectivity index (χ0) is 12.6. The fourth-order valence-corrected chi connectivity index (χ4v) is 9.33. The number of hydrogen-bond acceptors (Lipinski definition) is 3.